The number of rotatable bonds is 6. The van der Waals surface area contributed by atoms with Gasteiger partial charge < -0.3 is 14.8 Å². The van der Waals surface area contributed by atoms with Crippen LogP contribution in [-0.2, 0) is 6.54 Å². The molecule has 1 amide bonds. The number of carbonyl (C=O) groups is 1. The molecule has 144 valence electrons. The minimum absolute atomic E-state index is 0.0590. The third-order valence-corrected chi connectivity index (χ3v) is 4.45. The van der Waals surface area contributed by atoms with E-state index < -0.39 is 11.7 Å². The lowest BCUT2D eigenvalue weighted by molar-refractivity contribution is 0.0947. The summed E-state index contributed by atoms with van der Waals surface area (Å²) in [6.07, 6.45) is 1.57. The molecular formula is C21H18ClFN2O3. The van der Waals surface area contributed by atoms with E-state index in [0.717, 1.165) is 5.56 Å². The maximum Gasteiger partial charge on any atom is 0.254 e. The van der Waals surface area contributed by atoms with Gasteiger partial charge in [0.25, 0.3) is 5.91 Å². The first-order valence-corrected chi connectivity index (χ1v) is 8.81. The molecule has 0 aliphatic carbocycles. The molecule has 1 aromatic heterocycles. The molecule has 2 aromatic carbocycles. The SMILES string of the molecule is COc1ccc(CNC(=O)c2ccc(-c3ncccc3Cl)cc2F)cc1OC. The minimum Gasteiger partial charge on any atom is -0.493 e. The molecule has 3 rings (SSSR count). The number of halogens is 2. The third-order valence-electron chi connectivity index (χ3n) is 4.15. The van der Waals surface area contributed by atoms with E-state index in [-0.39, 0.29) is 12.1 Å². The van der Waals surface area contributed by atoms with Crippen LogP contribution < -0.4 is 14.8 Å². The molecule has 0 bridgehead atoms. The molecule has 1 N–H and O–H groups in total. The number of amides is 1. The van der Waals surface area contributed by atoms with E-state index in [9.17, 15) is 9.18 Å². The number of carbonyl (C=O) groups excluding carboxylic acids is 1. The second-order valence-corrected chi connectivity index (χ2v) is 6.31. The summed E-state index contributed by atoms with van der Waals surface area (Å²) in [5.41, 5.74) is 1.69. The summed E-state index contributed by atoms with van der Waals surface area (Å²) in [5.74, 6) is -0.0283. The molecule has 7 heteroatoms. The summed E-state index contributed by atoms with van der Waals surface area (Å²) in [6, 6.07) is 12.9. The predicted octanol–water partition coefficient (Wildman–Crippen LogP) is 4.49. The molecule has 0 spiro atoms. The molecule has 0 fully saturated rings. The summed E-state index contributed by atoms with van der Waals surface area (Å²) in [5, 5.41) is 3.11. The normalized spacial score (nSPS) is 10.4. The number of aromatic nitrogens is 1. The highest BCUT2D eigenvalue weighted by Crippen LogP contribution is 2.28. The summed E-state index contributed by atoms with van der Waals surface area (Å²) in [6.45, 7) is 0.215. The van der Waals surface area contributed by atoms with Crippen LogP contribution in [0, 0.1) is 5.82 Å². The molecule has 0 aliphatic rings. The standard InChI is InChI=1S/C21H18ClFN2O3/c1-27-18-8-5-13(10-19(18)28-2)12-25-21(26)15-7-6-14(11-17(15)23)20-16(22)4-3-9-24-20/h3-11H,12H2,1-2H3,(H,25,26). The van der Waals surface area contributed by atoms with Gasteiger partial charge >= 0.3 is 0 Å². The van der Waals surface area contributed by atoms with Gasteiger partial charge in [-0.25, -0.2) is 4.39 Å². The highest BCUT2D eigenvalue weighted by molar-refractivity contribution is 6.33. The van der Waals surface area contributed by atoms with E-state index >= 15 is 0 Å². The Morgan fingerprint density at radius 3 is 2.57 bits per heavy atom. The smallest absolute Gasteiger partial charge is 0.254 e. The summed E-state index contributed by atoms with van der Waals surface area (Å²) >= 11 is 6.09. The third kappa shape index (κ3) is 4.23. The number of ether oxygens (including phenoxy) is 2. The van der Waals surface area contributed by atoms with Crippen molar-refractivity contribution < 1.29 is 18.7 Å². The molecule has 1 heterocycles. The second-order valence-electron chi connectivity index (χ2n) is 5.90. The first-order chi connectivity index (χ1) is 13.5. The number of nitrogens with one attached hydrogen (secondary N) is 1. The number of nitrogens with zero attached hydrogens (tertiary/aromatic N) is 1. The van der Waals surface area contributed by atoms with Crippen molar-refractivity contribution in [3.63, 3.8) is 0 Å². The van der Waals surface area contributed by atoms with Gasteiger partial charge in [0.1, 0.15) is 5.82 Å². The Balaban J connectivity index is 1.74. The van der Waals surface area contributed by atoms with Crippen LogP contribution in [0.25, 0.3) is 11.3 Å². The average Bonchev–Trinajstić information content (AvgIpc) is 2.72. The molecule has 0 atom stereocenters. The zero-order valence-corrected chi connectivity index (χ0v) is 16.1. The van der Waals surface area contributed by atoms with E-state index in [1.807, 2.05) is 0 Å². The van der Waals surface area contributed by atoms with E-state index in [4.69, 9.17) is 21.1 Å². The van der Waals surface area contributed by atoms with Gasteiger partial charge in [-0.3, -0.25) is 9.78 Å². The predicted molar refractivity (Wildman–Crippen MR) is 105 cm³/mol. The summed E-state index contributed by atoms with van der Waals surface area (Å²) in [4.78, 5) is 16.5. The van der Waals surface area contributed by atoms with E-state index in [2.05, 4.69) is 10.3 Å². The fourth-order valence-electron chi connectivity index (χ4n) is 2.71. The van der Waals surface area contributed by atoms with Gasteiger partial charge in [0.05, 0.1) is 30.5 Å². The fourth-order valence-corrected chi connectivity index (χ4v) is 2.94. The van der Waals surface area contributed by atoms with Gasteiger partial charge in [-0.05, 0) is 42.0 Å². The molecule has 0 aliphatic heterocycles. The lowest BCUT2D eigenvalue weighted by Crippen LogP contribution is -2.23. The van der Waals surface area contributed by atoms with E-state index in [1.54, 1.807) is 49.7 Å². The molecule has 0 saturated carbocycles. The fraction of sp³-hybridized carbons (Fsp3) is 0.143. The van der Waals surface area contributed by atoms with Gasteiger partial charge in [-0.15, -0.1) is 0 Å². The lowest BCUT2D eigenvalue weighted by Gasteiger charge is -2.11. The number of methoxy groups -OCH3 is 2. The van der Waals surface area contributed by atoms with Crippen molar-refractivity contribution in [2.75, 3.05) is 14.2 Å². The zero-order chi connectivity index (χ0) is 20.1. The highest BCUT2D eigenvalue weighted by Gasteiger charge is 2.14. The van der Waals surface area contributed by atoms with Gasteiger partial charge in [-0.1, -0.05) is 23.7 Å². The molecule has 0 unspecified atom stereocenters. The van der Waals surface area contributed by atoms with Crippen LogP contribution in [0.4, 0.5) is 4.39 Å². The number of hydrogen-bond acceptors (Lipinski definition) is 4. The van der Waals surface area contributed by atoms with Crippen LogP contribution in [-0.4, -0.2) is 25.1 Å². The minimum atomic E-state index is -0.649. The first kappa shape index (κ1) is 19.6. The van der Waals surface area contributed by atoms with Crippen molar-refractivity contribution in [3.05, 3.63) is 76.7 Å². The molecule has 0 saturated heterocycles. The molecule has 3 aromatic rings. The van der Waals surface area contributed by atoms with Crippen LogP contribution in [0.1, 0.15) is 15.9 Å². The maximum atomic E-state index is 14.5. The Labute approximate surface area is 167 Å². The molecular weight excluding hydrogens is 383 g/mol. The quantitative estimate of drug-likeness (QED) is 0.662. The Bertz CT molecular complexity index is 1010. The maximum absolute atomic E-state index is 14.5. The Hall–Kier alpha value is -3.12. The second kappa shape index (κ2) is 8.71. The zero-order valence-electron chi connectivity index (χ0n) is 15.3. The largest absolute Gasteiger partial charge is 0.493 e. The van der Waals surface area contributed by atoms with E-state index in [0.29, 0.717) is 27.8 Å². The Morgan fingerprint density at radius 1 is 1.11 bits per heavy atom. The van der Waals surface area contributed by atoms with Crippen molar-refractivity contribution in [2.24, 2.45) is 0 Å². The van der Waals surface area contributed by atoms with Crippen molar-refractivity contribution in [3.8, 4) is 22.8 Å². The van der Waals surface area contributed by atoms with Gasteiger partial charge in [0.15, 0.2) is 11.5 Å². The molecule has 0 radical (unpaired) electrons. The summed E-state index contributed by atoms with van der Waals surface area (Å²) < 4.78 is 24.9. The van der Waals surface area contributed by atoms with Crippen molar-refractivity contribution in [1.82, 2.24) is 10.3 Å². The monoisotopic (exact) mass is 400 g/mol. The van der Waals surface area contributed by atoms with Crippen molar-refractivity contribution >= 4 is 17.5 Å². The number of hydrogen-bond donors (Lipinski definition) is 1. The van der Waals surface area contributed by atoms with Crippen LogP contribution in [0.2, 0.25) is 5.02 Å². The summed E-state index contributed by atoms with van der Waals surface area (Å²) in [7, 11) is 3.08. The number of pyridine rings is 1. The Kier molecular flexibility index (Phi) is 6.11. The topological polar surface area (TPSA) is 60.5 Å². The van der Waals surface area contributed by atoms with Gasteiger partial charge in [0.2, 0.25) is 0 Å². The average molecular weight is 401 g/mol. The van der Waals surface area contributed by atoms with Crippen molar-refractivity contribution in [2.45, 2.75) is 6.54 Å². The van der Waals surface area contributed by atoms with Crippen molar-refractivity contribution in [1.29, 1.82) is 0 Å². The van der Waals surface area contributed by atoms with Crippen LogP contribution in [0.15, 0.2) is 54.7 Å². The van der Waals surface area contributed by atoms with Crippen LogP contribution in [0.5, 0.6) is 11.5 Å². The highest BCUT2D eigenvalue weighted by atomic mass is 35.5. The van der Waals surface area contributed by atoms with E-state index in [1.165, 1.54) is 19.2 Å². The van der Waals surface area contributed by atoms with Gasteiger partial charge in [-0.2, -0.15) is 0 Å². The molecule has 28 heavy (non-hydrogen) atoms. The molecule has 5 nitrogen and oxygen atoms in total. The number of benzene rings is 2. The van der Waals surface area contributed by atoms with Crippen LogP contribution in [0.3, 0.4) is 0 Å². The lowest BCUT2D eigenvalue weighted by atomic mass is 10.1. The first-order valence-electron chi connectivity index (χ1n) is 8.43. The van der Waals surface area contributed by atoms with Crippen LogP contribution >= 0.6 is 11.6 Å². The Morgan fingerprint density at radius 2 is 1.89 bits per heavy atom. The van der Waals surface area contributed by atoms with Gasteiger partial charge in [0, 0.05) is 18.3 Å².